The Kier molecular flexibility index (Phi) is 5.06. The van der Waals surface area contributed by atoms with Gasteiger partial charge in [-0.05, 0) is 24.6 Å². The van der Waals surface area contributed by atoms with Gasteiger partial charge in [0.25, 0.3) is 0 Å². The van der Waals surface area contributed by atoms with Crippen LogP contribution in [-0.4, -0.2) is 14.6 Å². The molecule has 86 valence electrons. The number of hydrogen-bond donors (Lipinski definition) is 1. The van der Waals surface area contributed by atoms with E-state index >= 15 is 0 Å². The maximum Gasteiger partial charge on any atom is 0.0974 e. The predicted molar refractivity (Wildman–Crippen MR) is 76.4 cm³/mol. The van der Waals surface area contributed by atoms with Crippen molar-refractivity contribution in [3.63, 3.8) is 0 Å². The molecule has 1 aromatic rings. The fourth-order valence-corrected chi connectivity index (χ4v) is 3.06. The topological polar surface area (TPSA) is 12.0 Å². The summed E-state index contributed by atoms with van der Waals surface area (Å²) in [5.74, 6) is 0. The number of para-hydroxylation sites is 1. The zero-order chi connectivity index (χ0) is 11.9. The number of benzene rings is 1. The van der Waals surface area contributed by atoms with Gasteiger partial charge in [0.05, 0.1) is 8.07 Å². The average molecular weight is 231 g/mol. The van der Waals surface area contributed by atoms with Crippen molar-refractivity contribution < 1.29 is 0 Å². The third-order valence-corrected chi connectivity index (χ3v) is 6.22. The first kappa shape index (κ1) is 12.8. The van der Waals surface area contributed by atoms with Crippen LogP contribution in [0, 0.1) is 0 Å². The number of hydrogen-bond acceptors (Lipinski definition) is 1. The second-order valence-corrected chi connectivity index (χ2v) is 8.64. The van der Waals surface area contributed by atoms with Crippen LogP contribution in [0.25, 0.3) is 0 Å². The molecule has 1 nitrogen and oxygen atoms in total. The van der Waals surface area contributed by atoms with Gasteiger partial charge in [-0.3, -0.25) is 0 Å². The molecule has 16 heavy (non-hydrogen) atoms. The molecule has 0 spiro atoms. The number of nitrogens with one attached hydrogen (secondary N) is 1. The maximum absolute atomic E-state index is 3.91. The molecule has 0 unspecified atom stereocenters. The normalized spacial score (nSPS) is 10.8. The minimum Gasteiger partial charge on any atom is -0.385 e. The van der Waals surface area contributed by atoms with E-state index in [0.29, 0.717) is 0 Å². The van der Waals surface area contributed by atoms with E-state index < -0.39 is 8.07 Å². The van der Waals surface area contributed by atoms with Crippen molar-refractivity contribution in [2.75, 3.05) is 11.9 Å². The van der Waals surface area contributed by atoms with E-state index in [-0.39, 0.29) is 0 Å². The fraction of sp³-hybridized carbons (Fsp3) is 0.286. The van der Waals surface area contributed by atoms with Crippen molar-refractivity contribution in [1.29, 1.82) is 0 Å². The molecular formula is C14H21NSi. The van der Waals surface area contributed by atoms with Crippen LogP contribution < -0.4 is 5.32 Å². The molecule has 1 N–H and O–H groups in total. The summed E-state index contributed by atoms with van der Waals surface area (Å²) in [5, 5.41) is 3.42. The molecule has 0 aliphatic heterocycles. The highest BCUT2D eigenvalue weighted by Gasteiger charge is 2.17. The monoisotopic (exact) mass is 231 g/mol. The maximum atomic E-state index is 3.91. The van der Waals surface area contributed by atoms with Crippen molar-refractivity contribution in [2.45, 2.75) is 19.0 Å². The number of anilines is 1. The molecule has 0 saturated carbocycles. The summed E-state index contributed by atoms with van der Waals surface area (Å²) < 4.78 is 0. The SMILES string of the molecule is C=C[Si](C)(C=C)CCCNc1ccccc1. The lowest BCUT2D eigenvalue weighted by Gasteiger charge is -2.18. The Labute approximate surface area is 99.9 Å². The van der Waals surface area contributed by atoms with E-state index in [2.05, 4.69) is 60.7 Å². The van der Waals surface area contributed by atoms with Crippen molar-refractivity contribution in [3.05, 3.63) is 54.9 Å². The quantitative estimate of drug-likeness (QED) is 0.552. The molecule has 0 aliphatic rings. The molecule has 0 saturated heterocycles. The molecule has 0 aliphatic carbocycles. The summed E-state index contributed by atoms with van der Waals surface area (Å²) in [6.45, 7) is 11.1. The summed E-state index contributed by atoms with van der Waals surface area (Å²) in [5.41, 5.74) is 5.42. The van der Waals surface area contributed by atoms with Gasteiger partial charge in [-0.25, -0.2) is 0 Å². The van der Waals surface area contributed by atoms with Crippen LogP contribution in [0.2, 0.25) is 12.6 Å². The predicted octanol–water partition coefficient (Wildman–Crippen LogP) is 4.02. The lowest BCUT2D eigenvalue weighted by Crippen LogP contribution is -2.24. The largest absolute Gasteiger partial charge is 0.385 e. The molecule has 0 heterocycles. The van der Waals surface area contributed by atoms with Crippen LogP contribution in [0.15, 0.2) is 54.9 Å². The lowest BCUT2D eigenvalue weighted by atomic mass is 10.3. The van der Waals surface area contributed by atoms with Crippen LogP contribution in [0.3, 0.4) is 0 Å². The van der Waals surface area contributed by atoms with E-state index in [1.807, 2.05) is 6.07 Å². The standard InChI is InChI=1S/C14H21NSi/c1-4-16(3,5-2)13-9-12-15-14-10-7-6-8-11-14/h4-8,10-11,15H,1-2,9,12-13H2,3H3. The molecule has 0 amide bonds. The Hall–Kier alpha value is -1.28. The van der Waals surface area contributed by atoms with Crippen molar-refractivity contribution in [2.24, 2.45) is 0 Å². The van der Waals surface area contributed by atoms with E-state index in [9.17, 15) is 0 Å². The molecule has 0 fully saturated rings. The van der Waals surface area contributed by atoms with Gasteiger partial charge in [0.1, 0.15) is 0 Å². The van der Waals surface area contributed by atoms with Crippen LogP contribution in [0.4, 0.5) is 5.69 Å². The van der Waals surface area contributed by atoms with Crippen LogP contribution in [0.5, 0.6) is 0 Å². The van der Waals surface area contributed by atoms with Gasteiger partial charge in [-0.15, -0.1) is 13.2 Å². The van der Waals surface area contributed by atoms with Gasteiger partial charge in [-0.1, -0.05) is 36.1 Å². The molecule has 0 radical (unpaired) electrons. The van der Waals surface area contributed by atoms with Gasteiger partial charge in [0, 0.05) is 12.2 Å². The minimum absolute atomic E-state index is 1.02. The average Bonchev–Trinajstić information content (AvgIpc) is 2.36. The highest BCUT2D eigenvalue weighted by Crippen LogP contribution is 2.14. The Morgan fingerprint density at radius 1 is 1.19 bits per heavy atom. The molecule has 0 atom stereocenters. The van der Waals surface area contributed by atoms with E-state index in [1.54, 1.807) is 0 Å². The van der Waals surface area contributed by atoms with Crippen LogP contribution in [0.1, 0.15) is 6.42 Å². The summed E-state index contributed by atoms with van der Waals surface area (Å²) in [6.07, 6.45) is 1.18. The summed E-state index contributed by atoms with van der Waals surface area (Å²) >= 11 is 0. The molecule has 1 rings (SSSR count). The van der Waals surface area contributed by atoms with Crippen molar-refractivity contribution in [3.8, 4) is 0 Å². The van der Waals surface area contributed by atoms with Gasteiger partial charge >= 0.3 is 0 Å². The van der Waals surface area contributed by atoms with Crippen LogP contribution >= 0.6 is 0 Å². The Morgan fingerprint density at radius 2 is 1.81 bits per heavy atom. The zero-order valence-corrected chi connectivity index (χ0v) is 11.1. The second-order valence-electron chi connectivity index (χ2n) is 4.31. The Morgan fingerprint density at radius 3 is 2.38 bits per heavy atom. The van der Waals surface area contributed by atoms with Gasteiger partial charge in [-0.2, -0.15) is 0 Å². The molecular weight excluding hydrogens is 210 g/mol. The fourth-order valence-electron chi connectivity index (χ4n) is 1.55. The van der Waals surface area contributed by atoms with Crippen LogP contribution in [-0.2, 0) is 0 Å². The van der Waals surface area contributed by atoms with Gasteiger partial charge in [0.15, 0.2) is 0 Å². The van der Waals surface area contributed by atoms with E-state index in [1.165, 1.54) is 18.2 Å². The van der Waals surface area contributed by atoms with Crippen molar-refractivity contribution >= 4 is 13.8 Å². The molecule has 1 aromatic carbocycles. The van der Waals surface area contributed by atoms with Gasteiger partial charge in [0.2, 0.25) is 0 Å². The van der Waals surface area contributed by atoms with Gasteiger partial charge < -0.3 is 5.32 Å². The third-order valence-electron chi connectivity index (χ3n) is 2.93. The first-order valence-corrected chi connectivity index (χ1v) is 8.62. The first-order chi connectivity index (χ1) is 7.70. The highest BCUT2D eigenvalue weighted by molar-refractivity contribution is 6.87. The summed E-state index contributed by atoms with van der Waals surface area (Å²) in [4.78, 5) is 0. The zero-order valence-electron chi connectivity index (χ0n) is 10.1. The summed E-state index contributed by atoms with van der Waals surface area (Å²) in [6, 6.07) is 11.5. The Bertz CT molecular complexity index is 324. The third kappa shape index (κ3) is 4.07. The summed E-state index contributed by atoms with van der Waals surface area (Å²) in [7, 11) is -1.35. The lowest BCUT2D eigenvalue weighted by molar-refractivity contribution is 0.961. The molecule has 0 bridgehead atoms. The smallest absolute Gasteiger partial charge is 0.0974 e. The number of rotatable bonds is 7. The first-order valence-electron chi connectivity index (χ1n) is 5.76. The molecule has 0 aromatic heterocycles. The minimum atomic E-state index is -1.35. The highest BCUT2D eigenvalue weighted by atomic mass is 28.3. The Balaban J connectivity index is 2.27. The second kappa shape index (κ2) is 6.33. The van der Waals surface area contributed by atoms with E-state index in [4.69, 9.17) is 0 Å². The van der Waals surface area contributed by atoms with Crippen molar-refractivity contribution in [1.82, 2.24) is 0 Å². The molecule has 2 heteroatoms. The van der Waals surface area contributed by atoms with E-state index in [0.717, 1.165) is 6.54 Å².